The van der Waals surface area contributed by atoms with Gasteiger partial charge in [0.1, 0.15) is 24.1 Å². The summed E-state index contributed by atoms with van der Waals surface area (Å²) in [7, 11) is 2.58. The van der Waals surface area contributed by atoms with E-state index in [-0.39, 0.29) is 40.4 Å². The molecule has 0 spiro atoms. The second-order valence-electron chi connectivity index (χ2n) is 15.6. The molecule has 4 aliphatic rings. The lowest BCUT2D eigenvalue weighted by molar-refractivity contribution is -0.137. The quantitative estimate of drug-likeness (QED) is 0.103. The maximum absolute atomic E-state index is 13.6. The van der Waals surface area contributed by atoms with Crippen LogP contribution in [0.15, 0.2) is 60.8 Å². The number of nitrogens with zero attached hydrogens (tertiary/aromatic N) is 3. The molecule has 1 aliphatic carbocycles. The van der Waals surface area contributed by atoms with Crippen LogP contribution < -0.4 is 21.3 Å². The monoisotopic (exact) mass is 826 g/mol. The Bertz CT molecular complexity index is 2430. The van der Waals surface area contributed by atoms with Crippen LogP contribution in [0.3, 0.4) is 0 Å². The minimum Gasteiger partial charge on any atom is -0.453 e. The summed E-state index contributed by atoms with van der Waals surface area (Å²) in [6.45, 7) is 7.98. The van der Waals surface area contributed by atoms with Crippen LogP contribution in [0.25, 0.3) is 42.6 Å². The molecule has 9 rings (SSSR count). The smallest absolute Gasteiger partial charge is 0.407 e. The maximum Gasteiger partial charge on any atom is 0.407 e. The predicted molar refractivity (Wildman–Crippen MR) is 237 cm³/mol. The van der Waals surface area contributed by atoms with Crippen LogP contribution in [0.1, 0.15) is 75.9 Å². The Labute approximate surface area is 351 Å². The van der Waals surface area contributed by atoms with E-state index in [9.17, 15) is 19.2 Å². The zero-order valence-corrected chi connectivity index (χ0v) is 35.1. The van der Waals surface area contributed by atoms with Crippen molar-refractivity contribution in [2.45, 2.75) is 96.2 Å². The van der Waals surface area contributed by atoms with Gasteiger partial charge in [0.05, 0.1) is 49.6 Å². The molecular formula is C44H58N8O6S. The number of anilines is 2. The number of piperidine rings is 1. The highest BCUT2D eigenvalue weighted by Crippen LogP contribution is 2.47. The minimum atomic E-state index is -0.706. The summed E-state index contributed by atoms with van der Waals surface area (Å²) in [5, 5.41) is 15.0. The van der Waals surface area contributed by atoms with Gasteiger partial charge in [-0.3, -0.25) is 9.59 Å². The van der Waals surface area contributed by atoms with Crippen LogP contribution in [0.4, 0.5) is 21.0 Å². The Balaban J connectivity index is 0.00000143. The molecule has 2 aromatic heterocycles. The van der Waals surface area contributed by atoms with Gasteiger partial charge in [0.25, 0.3) is 0 Å². The summed E-state index contributed by atoms with van der Waals surface area (Å²) in [5.74, 6) is 0.870. The van der Waals surface area contributed by atoms with Crippen molar-refractivity contribution in [2.24, 2.45) is 5.92 Å². The topological polar surface area (TPSA) is 170 Å². The summed E-state index contributed by atoms with van der Waals surface area (Å²) in [4.78, 5) is 62.4. The Morgan fingerprint density at radius 2 is 1.44 bits per heavy atom. The molecule has 316 valence electrons. The molecule has 7 atom stereocenters. The largest absolute Gasteiger partial charge is 0.453 e. The van der Waals surface area contributed by atoms with Gasteiger partial charge in [-0.25, -0.2) is 14.6 Å². The molecule has 15 heteroatoms. The Hall–Kier alpha value is -5.83. The molecule has 3 aliphatic heterocycles. The average molecular weight is 827 g/mol. The lowest BCUT2D eigenvalue weighted by Gasteiger charge is -2.40. The molecule has 0 radical (unpaired) electrons. The second-order valence-corrected chi connectivity index (χ2v) is 16.7. The second kappa shape index (κ2) is 16.4. The van der Waals surface area contributed by atoms with E-state index in [0.717, 1.165) is 71.7 Å². The number of aromatic amines is 1. The minimum absolute atomic E-state index is 0. The fourth-order valence-corrected chi connectivity index (χ4v) is 10.6. The highest BCUT2D eigenvalue weighted by molar-refractivity contribution is 7.25. The van der Waals surface area contributed by atoms with Crippen molar-refractivity contribution in [3.8, 4) is 22.4 Å². The van der Waals surface area contributed by atoms with Gasteiger partial charge >= 0.3 is 12.2 Å². The van der Waals surface area contributed by atoms with E-state index in [2.05, 4.69) is 85.6 Å². The van der Waals surface area contributed by atoms with E-state index in [1.807, 2.05) is 24.9 Å². The van der Waals surface area contributed by atoms with Gasteiger partial charge in [-0.05, 0) is 87.3 Å². The zero-order chi connectivity index (χ0) is 41.5. The zero-order valence-electron chi connectivity index (χ0n) is 34.3. The molecule has 3 aromatic carbocycles. The molecule has 14 nitrogen and oxygen atoms in total. The third-order valence-corrected chi connectivity index (χ3v) is 13.3. The van der Waals surface area contributed by atoms with Crippen LogP contribution in [0.5, 0.6) is 0 Å². The van der Waals surface area contributed by atoms with Gasteiger partial charge in [-0.15, -0.1) is 11.3 Å². The van der Waals surface area contributed by atoms with Gasteiger partial charge in [0.2, 0.25) is 11.8 Å². The molecule has 2 unspecified atom stereocenters. The van der Waals surface area contributed by atoms with Gasteiger partial charge < -0.3 is 45.5 Å². The highest BCUT2D eigenvalue weighted by atomic mass is 32.1. The number of imidazole rings is 1. The maximum atomic E-state index is 13.6. The molecule has 5 aromatic rings. The van der Waals surface area contributed by atoms with Crippen molar-refractivity contribution in [3.05, 3.63) is 66.6 Å². The number of nitrogens with one attached hydrogen (secondary N) is 5. The van der Waals surface area contributed by atoms with Gasteiger partial charge in [-0.2, -0.15) is 0 Å². The summed E-state index contributed by atoms with van der Waals surface area (Å²) < 4.78 is 11.8. The number of hydrogen-bond acceptors (Lipinski definition) is 10. The van der Waals surface area contributed by atoms with Crippen LogP contribution in [0.2, 0.25) is 0 Å². The predicted octanol–water partition coefficient (Wildman–Crippen LogP) is 8.57. The number of carbonyl (C=O) groups excluding carboxylic acids is 4. The van der Waals surface area contributed by atoms with Crippen molar-refractivity contribution < 1.29 is 32.9 Å². The summed E-state index contributed by atoms with van der Waals surface area (Å²) in [6.07, 6.45) is 5.13. The summed E-state index contributed by atoms with van der Waals surface area (Å²) in [6, 6.07) is 18.1. The van der Waals surface area contributed by atoms with Gasteiger partial charge in [-0.1, -0.05) is 44.2 Å². The number of rotatable bonds is 8. The highest BCUT2D eigenvalue weighted by Gasteiger charge is 2.53. The van der Waals surface area contributed by atoms with E-state index in [0.29, 0.717) is 12.5 Å². The number of amides is 4. The fourth-order valence-electron chi connectivity index (χ4n) is 9.45. The first-order valence-electron chi connectivity index (χ1n) is 20.6. The molecule has 2 saturated heterocycles. The van der Waals surface area contributed by atoms with Crippen LogP contribution in [0, 0.1) is 5.92 Å². The number of alkyl carbamates (subject to hydrolysis) is 2. The molecule has 59 heavy (non-hydrogen) atoms. The third kappa shape index (κ3) is 7.40. The number of carbonyl (C=O) groups is 4. The molecule has 5 N–H and O–H groups in total. The third-order valence-electron chi connectivity index (χ3n) is 12.2. The molecule has 3 fully saturated rings. The van der Waals surface area contributed by atoms with Crippen molar-refractivity contribution in [1.82, 2.24) is 30.4 Å². The SMILES string of the molecule is CC.COC(=O)N[C@@H](C)C(=O)N1CCC[C@H]1c1ncc(-c2ccc3c(c2)sc2cc(-c4ccc5c(c4)NC([C@@H]4C6CC[C@H](C6)N4C(=O)[C@H](C)NC(=O)OC)N5)ccc23)[nH]1.[HH].[HH].[HH]. The van der Waals surface area contributed by atoms with E-state index >= 15 is 0 Å². The van der Waals surface area contributed by atoms with Crippen molar-refractivity contribution in [1.29, 1.82) is 0 Å². The Morgan fingerprint density at radius 1 is 0.814 bits per heavy atom. The van der Waals surface area contributed by atoms with Crippen LogP contribution in [-0.2, 0) is 19.1 Å². The number of benzene rings is 3. The van der Waals surface area contributed by atoms with E-state index in [4.69, 9.17) is 9.72 Å². The summed E-state index contributed by atoms with van der Waals surface area (Å²) >= 11 is 1.75. The molecule has 2 bridgehead atoms. The lowest BCUT2D eigenvalue weighted by atomic mass is 9.95. The average Bonchev–Trinajstić information content (AvgIpc) is 4.12. The van der Waals surface area contributed by atoms with Crippen molar-refractivity contribution in [2.75, 3.05) is 31.4 Å². The number of thiophene rings is 1. The fraction of sp³-hybridized carbons (Fsp3) is 0.432. The molecule has 5 heterocycles. The first-order valence-corrected chi connectivity index (χ1v) is 21.4. The van der Waals surface area contributed by atoms with Crippen molar-refractivity contribution >= 4 is 66.9 Å². The van der Waals surface area contributed by atoms with E-state index in [1.54, 1.807) is 30.1 Å². The van der Waals surface area contributed by atoms with Crippen LogP contribution in [-0.4, -0.2) is 94.9 Å². The number of fused-ring (bicyclic) bond motifs is 6. The van der Waals surface area contributed by atoms with E-state index < -0.39 is 24.3 Å². The van der Waals surface area contributed by atoms with Gasteiger partial charge in [0.15, 0.2) is 0 Å². The standard InChI is InChI=1S/C42H46N8O6S.C2H6.3H2/c1-21(44-41(53)55-3)39(51)49-15-5-6-33(49)37-43-20-32(48-37)25-9-13-29-28-12-8-24(18-34(28)57-35(29)19-25)23-10-14-30-31(17-23)47-38(46-30)36-26-7-11-27(16-26)50(36)40(52)22(2)45-42(54)56-4;1-2;;;/h8-10,12-14,17-22,26-27,33,36,38,46-47H,5-7,11,15-16H2,1-4H3,(H,43,48)(H,44,53)(H,45,54);1-2H3;3*1H/t21-,22-,26?,27+,33-,36-,38?;;;;/m0..../s1. The number of likely N-dealkylation sites (tertiary alicyclic amines) is 2. The number of ether oxygens (including phenoxy) is 2. The molecule has 1 saturated carbocycles. The number of H-pyrrole nitrogens is 1. The van der Waals surface area contributed by atoms with Gasteiger partial charge in [0, 0.05) is 42.6 Å². The van der Waals surface area contributed by atoms with Crippen LogP contribution >= 0.6 is 11.3 Å². The van der Waals surface area contributed by atoms with Crippen molar-refractivity contribution in [3.63, 3.8) is 0 Å². The van der Waals surface area contributed by atoms with E-state index in [1.165, 1.54) is 34.4 Å². The Morgan fingerprint density at radius 3 is 2.15 bits per heavy atom. The lowest BCUT2D eigenvalue weighted by Crippen LogP contribution is -2.58. The Kier molecular flexibility index (Phi) is 11.1. The summed E-state index contributed by atoms with van der Waals surface area (Å²) in [5.41, 5.74) is 6.13. The first-order chi connectivity index (χ1) is 28.6. The molecule has 4 amide bonds. The normalized spacial score (nSPS) is 22.5. The molecular weight excluding hydrogens is 769 g/mol. The first kappa shape index (κ1) is 40.0. The number of hydrogen-bond donors (Lipinski definition) is 5. The number of methoxy groups -OCH3 is 2. The number of aromatic nitrogens is 2.